The van der Waals surface area contributed by atoms with Crippen LogP contribution in [0.1, 0.15) is 103 Å². The summed E-state index contributed by atoms with van der Waals surface area (Å²) in [6.07, 6.45) is 7.75. The minimum absolute atomic E-state index is 0.120. The molecule has 1 saturated heterocycles. The first kappa shape index (κ1) is 42.9. The Balaban J connectivity index is 1.20. The van der Waals surface area contributed by atoms with Crippen molar-refractivity contribution < 1.29 is 28.7 Å². The zero-order chi connectivity index (χ0) is 42.6. The highest BCUT2D eigenvalue weighted by molar-refractivity contribution is 5.87. The van der Waals surface area contributed by atoms with Crippen molar-refractivity contribution in [2.45, 2.75) is 111 Å². The van der Waals surface area contributed by atoms with E-state index in [4.69, 9.17) is 19.4 Å². The van der Waals surface area contributed by atoms with Crippen LogP contribution in [0.3, 0.4) is 0 Å². The van der Waals surface area contributed by atoms with E-state index in [1.807, 2.05) is 65.8 Å². The number of amides is 4. The third-order valence-corrected chi connectivity index (χ3v) is 12.1. The lowest BCUT2D eigenvalue weighted by molar-refractivity contribution is -0.139. The number of nitrogens with zero attached hydrogens (tertiary/aromatic N) is 4. The van der Waals surface area contributed by atoms with Gasteiger partial charge in [0.25, 0.3) is 0 Å². The van der Waals surface area contributed by atoms with Crippen molar-refractivity contribution in [1.29, 1.82) is 0 Å². The van der Waals surface area contributed by atoms with Crippen LogP contribution in [0.5, 0.6) is 0 Å². The number of rotatable bonds is 14. The number of imidazole rings is 2. The first-order valence-corrected chi connectivity index (χ1v) is 20.9. The molecular formula is C45H60N8O6. The fourth-order valence-corrected chi connectivity index (χ4v) is 8.68. The molecule has 2 aliphatic rings. The maximum Gasteiger partial charge on any atom is 0.407 e. The van der Waals surface area contributed by atoms with Crippen LogP contribution in [0, 0.1) is 11.8 Å². The standard InChI is InChI=1S/C45H60N8O6/c1-10-22-52(40(54)37(26(2)3)50-43(56)58-8)28(6)39-46-25-36(48-39)34-20-19-31(32-13-11-14-33(32)34)29-15-17-30(18-16-29)35-24-47-42(49-35)45(7)21-12-23-53(45)41(55)38(27(4)5)51-44(57)59-9/h15-20,24-28,37-38H,10-14,21-23H2,1-9H3,(H,46,48)(H,47,49)(H,50,56)(H,51,57). The summed E-state index contributed by atoms with van der Waals surface area (Å²) in [5, 5.41) is 5.44. The molecule has 14 heteroatoms. The molecule has 316 valence electrons. The van der Waals surface area contributed by atoms with Crippen molar-refractivity contribution in [3.05, 3.63) is 71.6 Å². The number of likely N-dealkylation sites (tertiary alicyclic amines) is 1. The summed E-state index contributed by atoms with van der Waals surface area (Å²) in [7, 11) is 2.59. The largest absolute Gasteiger partial charge is 0.453 e. The molecule has 1 fully saturated rings. The fourth-order valence-electron chi connectivity index (χ4n) is 8.68. The first-order chi connectivity index (χ1) is 28.2. The van der Waals surface area contributed by atoms with Crippen molar-refractivity contribution in [2.24, 2.45) is 11.8 Å². The van der Waals surface area contributed by atoms with Crippen LogP contribution in [-0.4, -0.2) is 93.1 Å². The second-order valence-electron chi connectivity index (χ2n) is 16.7. The summed E-state index contributed by atoms with van der Waals surface area (Å²) in [5.41, 5.74) is 8.20. The molecule has 14 nitrogen and oxygen atoms in total. The first-order valence-electron chi connectivity index (χ1n) is 20.9. The molecule has 4 atom stereocenters. The van der Waals surface area contributed by atoms with E-state index in [1.54, 1.807) is 4.90 Å². The van der Waals surface area contributed by atoms with Gasteiger partial charge in [-0.1, -0.05) is 71.0 Å². The smallest absolute Gasteiger partial charge is 0.407 e. The molecule has 0 spiro atoms. The molecule has 2 aromatic carbocycles. The van der Waals surface area contributed by atoms with E-state index in [0.29, 0.717) is 24.7 Å². The lowest BCUT2D eigenvalue weighted by Crippen LogP contribution is -2.55. The van der Waals surface area contributed by atoms with Gasteiger partial charge in [0.15, 0.2) is 0 Å². The van der Waals surface area contributed by atoms with Crippen LogP contribution in [0.4, 0.5) is 9.59 Å². The molecule has 3 heterocycles. The normalized spacial score (nSPS) is 17.7. The zero-order valence-corrected chi connectivity index (χ0v) is 35.9. The van der Waals surface area contributed by atoms with Gasteiger partial charge < -0.3 is 39.9 Å². The van der Waals surface area contributed by atoms with Crippen molar-refractivity contribution in [1.82, 2.24) is 40.4 Å². The summed E-state index contributed by atoms with van der Waals surface area (Å²) in [5.74, 6) is 0.833. The second-order valence-corrected chi connectivity index (χ2v) is 16.7. The number of nitrogens with one attached hydrogen (secondary N) is 4. The lowest BCUT2D eigenvalue weighted by atomic mass is 9.92. The number of methoxy groups -OCH3 is 2. The number of hydrogen-bond acceptors (Lipinski definition) is 8. The van der Waals surface area contributed by atoms with Gasteiger partial charge in [0.05, 0.1) is 49.6 Å². The minimum Gasteiger partial charge on any atom is -0.453 e. The van der Waals surface area contributed by atoms with Crippen molar-refractivity contribution >= 4 is 24.0 Å². The van der Waals surface area contributed by atoms with Gasteiger partial charge in [0, 0.05) is 18.7 Å². The fraction of sp³-hybridized carbons (Fsp3) is 0.511. The molecule has 4 amide bonds. The third-order valence-electron chi connectivity index (χ3n) is 12.1. The predicted octanol–water partition coefficient (Wildman–Crippen LogP) is 7.52. The number of alkyl carbamates (subject to hydrolysis) is 2. The number of hydrogen-bond donors (Lipinski definition) is 4. The molecular weight excluding hydrogens is 749 g/mol. The Labute approximate surface area is 347 Å². The quantitative estimate of drug-likeness (QED) is 0.101. The van der Waals surface area contributed by atoms with Gasteiger partial charge in [-0.2, -0.15) is 0 Å². The number of carbonyl (C=O) groups excluding carboxylic acids is 4. The van der Waals surface area contributed by atoms with Gasteiger partial charge in [-0.15, -0.1) is 0 Å². The van der Waals surface area contributed by atoms with Crippen molar-refractivity contribution in [2.75, 3.05) is 27.3 Å². The second kappa shape index (κ2) is 18.1. The summed E-state index contributed by atoms with van der Waals surface area (Å²) < 4.78 is 9.60. The van der Waals surface area contributed by atoms with Crippen LogP contribution in [0.2, 0.25) is 0 Å². The highest BCUT2D eigenvalue weighted by Gasteiger charge is 2.46. The summed E-state index contributed by atoms with van der Waals surface area (Å²) >= 11 is 0. The maximum atomic E-state index is 13.8. The highest BCUT2D eigenvalue weighted by Crippen LogP contribution is 2.41. The Kier molecular flexibility index (Phi) is 13.2. The Morgan fingerprint density at radius 1 is 0.797 bits per heavy atom. The number of aromatic nitrogens is 4. The average molecular weight is 809 g/mol. The number of fused-ring (bicyclic) bond motifs is 1. The van der Waals surface area contributed by atoms with Gasteiger partial charge in [0.1, 0.15) is 23.7 Å². The number of benzene rings is 2. The monoisotopic (exact) mass is 808 g/mol. The minimum atomic E-state index is -0.724. The summed E-state index contributed by atoms with van der Waals surface area (Å²) in [6.45, 7) is 14.7. The van der Waals surface area contributed by atoms with E-state index >= 15 is 0 Å². The van der Waals surface area contributed by atoms with E-state index in [2.05, 4.69) is 57.0 Å². The van der Waals surface area contributed by atoms with Crippen LogP contribution in [0.25, 0.3) is 33.6 Å². The molecule has 0 bridgehead atoms. The molecule has 59 heavy (non-hydrogen) atoms. The molecule has 4 aromatic rings. The molecule has 2 aromatic heterocycles. The molecule has 6 rings (SSSR count). The predicted molar refractivity (Wildman–Crippen MR) is 226 cm³/mol. The molecule has 1 aliphatic heterocycles. The van der Waals surface area contributed by atoms with Crippen LogP contribution < -0.4 is 10.6 Å². The average Bonchev–Trinajstić information content (AvgIpc) is 4.07. The number of H-pyrrole nitrogens is 2. The molecule has 0 radical (unpaired) electrons. The molecule has 1 aliphatic carbocycles. The Bertz CT molecular complexity index is 2140. The number of carbonyl (C=O) groups is 4. The SMILES string of the molecule is CCCN(C(=O)C(NC(=O)OC)C(C)C)C(C)c1ncc(-c2ccc(-c3ccc(-c4cnc(C5(C)CCCN5C(=O)C(NC(=O)OC)C(C)C)[nH]4)cc3)c3c2CCC3)[nH]1. The van der Waals surface area contributed by atoms with E-state index in [9.17, 15) is 19.2 Å². The Morgan fingerprint density at radius 3 is 2.02 bits per heavy atom. The third kappa shape index (κ3) is 8.72. The van der Waals surface area contributed by atoms with Gasteiger partial charge in [-0.3, -0.25) is 9.59 Å². The van der Waals surface area contributed by atoms with Gasteiger partial charge in [-0.05, 0) is 92.0 Å². The van der Waals surface area contributed by atoms with Gasteiger partial charge >= 0.3 is 12.2 Å². The van der Waals surface area contributed by atoms with E-state index < -0.39 is 29.8 Å². The number of aromatic amines is 2. The van der Waals surface area contributed by atoms with Crippen LogP contribution >= 0.6 is 0 Å². The van der Waals surface area contributed by atoms with Gasteiger partial charge in [0.2, 0.25) is 11.8 Å². The van der Waals surface area contributed by atoms with Gasteiger partial charge in [-0.25, -0.2) is 19.6 Å². The Morgan fingerprint density at radius 2 is 1.39 bits per heavy atom. The summed E-state index contributed by atoms with van der Waals surface area (Å²) in [4.78, 5) is 72.0. The topological polar surface area (TPSA) is 175 Å². The maximum absolute atomic E-state index is 13.8. The van der Waals surface area contributed by atoms with Crippen LogP contribution in [-0.2, 0) is 37.4 Å². The van der Waals surface area contributed by atoms with E-state index in [1.165, 1.54) is 30.9 Å². The molecule has 4 N–H and O–H groups in total. The zero-order valence-electron chi connectivity index (χ0n) is 35.9. The van der Waals surface area contributed by atoms with Crippen molar-refractivity contribution in [3.8, 4) is 33.6 Å². The molecule has 4 unspecified atom stereocenters. The number of ether oxygens (including phenoxy) is 2. The van der Waals surface area contributed by atoms with E-state index in [-0.39, 0.29) is 29.7 Å². The van der Waals surface area contributed by atoms with E-state index in [0.717, 1.165) is 66.6 Å². The highest BCUT2D eigenvalue weighted by atomic mass is 16.5. The Hall–Kier alpha value is -5.66. The van der Waals surface area contributed by atoms with Crippen LogP contribution in [0.15, 0.2) is 48.8 Å². The summed E-state index contributed by atoms with van der Waals surface area (Å²) in [6, 6.07) is 11.1. The molecule has 0 saturated carbocycles. The van der Waals surface area contributed by atoms with Crippen molar-refractivity contribution in [3.63, 3.8) is 0 Å². The lowest BCUT2D eigenvalue weighted by Gasteiger charge is -2.37.